The normalized spacial score (nSPS) is 11.6. The van der Waals surface area contributed by atoms with Crippen LogP contribution in [-0.4, -0.2) is 51.0 Å². The highest BCUT2D eigenvalue weighted by Crippen LogP contribution is 2.14. The van der Waals surface area contributed by atoms with Gasteiger partial charge in [-0.1, -0.05) is 75.8 Å². The van der Waals surface area contributed by atoms with Crippen LogP contribution in [0.4, 0.5) is 0 Å². The molecule has 0 unspecified atom stereocenters. The van der Waals surface area contributed by atoms with E-state index in [9.17, 15) is 18.0 Å². The van der Waals surface area contributed by atoms with Gasteiger partial charge in [-0.25, -0.2) is 8.42 Å². The largest absolute Gasteiger partial charge is 0.481 e. The first kappa shape index (κ1) is 27.2. The smallest absolute Gasteiger partial charge is 0.303 e. The van der Waals surface area contributed by atoms with Crippen LogP contribution in [0.5, 0.6) is 0 Å². The maximum Gasteiger partial charge on any atom is 0.303 e. The van der Waals surface area contributed by atoms with E-state index in [1.54, 1.807) is 0 Å². The minimum atomic E-state index is -3.80. The molecule has 0 aliphatic heterocycles. The van der Waals surface area contributed by atoms with E-state index in [1.165, 1.54) is 51.4 Å². The Balaban J connectivity index is 1.83. The summed E-state index contributed by atoms with van der Waals surface area (Å²) < 4.78 is 23.5. The summed E-state index contributed by atoms with van der Waals surface area (Å²) in [4.78, 5) is 22.2. The standard InChI is InChI=1S/C21H38N4O5S/c26-20(27)16-14-18-31(29,30)21(28)17-13-11-9-7-5-3-1-2-4-6-8-10-12-15-19-22-24-25-23-19/h1-18H2,(H,26,27)(H,22,23,24,25). The molecule has 0 aromatic carbocycles. The highest BCUT2D eigenvalue weighted by Gasteiger charge is 2.21. The van der Waals surface area contributed by atoms with Crippen molar-refractivity contribution in [1.29, 1.82) is 0 Å². The van der Waals surface area contributed by atoms with Gasteiger partial charge in [-0.15, -0.1) is 10.2 Å². The Morgan fingerprint density at radius 3 is 1.74 bits per heavy atom. The first-order valence-corrected chi connectivity index (χ1v) is 13.3. The Morgan fingerprint density at radius 1 is 0.742 bits per heavy atom. The molecule has 0 amide bonds. The third-order valence-electron chi connectivity index (χ3n) is 5.32. The highest BCUT2D eigenvalue weighted by atomic mass is 32.2. The molecule has 0 bridgehead atoms. The summed E-state index contributed by atoms with van der Waals surface area (Å²) in [6.07, 6.45) is 15.4. The predicted molar refractivity (Wildman–Crippen MR) is 118 cm³/mol. The van der Waals surface area contributed by atoms with E-state index in [0.29, 0.717) is 6.42 Å². The molecule has 178 valence electrons. The van der Waals surface area contributed by atoms with Gasteiger partial charge in [0.2, 0.25) is 15.0 Å². The molecular formula is C21H38N4O5S. The van der Waals surface area contributed by atoms with E-state index >= 15 is 0 Å². The number of H-pyrrole nitrogens is 1. The number of aromatic amines is 1. The molecule has 9 nitrogen and oxygen atoms in total. The van der Waals surface area contributed by atoms with Crippen molar-refractivity contribution < 1.29 is 23.1 Å². The molecule has 1 aromatic rings. The Kier molecular flexibility index (Phi) is 14.7. The average Bonchev–Trinajstić information content (AvgIpc) is 3.23. The number of carbonyl (C=O) groups excluding carboxylic acids is 1. The van der Waals surface area contributed by atoms with Crippen molar-refractivity contribution in [2.24, 2.45) is 0 Å². The van der Waals surface area contributed by atoms with Gasteiger partial charge in [0.05, 0.1) is 5.75 Å². The molecule has 0 aliphatic carbocycles. The minimum absolute atomic E-state index is 0.00901. The van der Waals surface area contributed by atoms with Crippen molar-refractivity contribution in [3.05, 3.63) is 5.82 Å². The Hall–Kier alpha value is -1.84. The molecule has 0 atom stereocenters. The number of tetrazole rings is 1. The number of aryl methyl sites for hydroxylation is 1. The molecular weight excluding hydrogens is 420 g/mol. The first-order valence-electron chi connectivity index (χ1n) is 11.6. The molecule has 1 aromatic heterocycles. The van der Waals surface area contributed by atoms with Crippen LogP contribution in [-0.2, 0) is 25.8 Å². The lowest BCUT2D eigenvalue weighted by Crippen LogP contribution is -2.18. The van der Waals surface area contributed by atoms with E-state index in [-0.39, 0.29) is 25.0 Å². The number of aliphatic carboxylic acids is 1. The summed E-state index contributed by atoms with van der Waals surface area (Å²) in [7, 11) is -3.80. The van der Waals surface area contributed by atoms with Crippen LogP contribution >= 0.6 is 0 Å². The van der Waals surface area contributed by atoms with Crippen LogP contribution in [0.25, 0.3) is 0 Å². The zero-order chi connectivity index (χ0) is 22.8. The van der Waals surface area contributed by atoms with Crippen molar-refractivity contribution in [3.63, 3.8) is 0 Å². The number of nitrogens with one attached hydrogen (secondary N) is 1. The Morgan fingerprint density at radius 2 is 1.26 bits per heavy atom. The molecule has 0 saturated carbocycles. The Bertz CT molecular complexity index is 707. The average molecular weight is 459 g/mol. The van der Waals surface area contributed by atoms with Crippen molar-refractivity contribution in [1.82, 2.24) is 20.6 Å². The lowest BCUT2D eigenvalue weighted by atomic mass is 10.0. The van der Waals surface area contributed by atoms with E-state index in [1.807, 2.05) is 0 Å². The van der Waals surface area contributed by atoms with Crippen molar-refractivity contribution in [2.75, 3.05) is 5.75 Å². The molecule has 0 spiro atoms. The van der Waals surface area contributed by atoms with Crippen LogP contribution in [0.15, 0.2) is 0 Å². The zero-order valence-electron chi connectivity index (χ0n) is 18.6. The predicted octanol–water partition coefficient (Wildman–Crippen LogP) is 4.01. The molecule has 10 heteroatoms. The van der Waals surface area contributed by atoms with E-state index in [2.05, 4.69) is 20.6 Å². The molecule has 2 N–H and O–H groups in total. The summed E-state index contributed by atoms with van der Waals surface area (Å²) in [6.45, 7) is 0. The second-order valence-corrected chi connectivity index (χ2v) is 10.2. The second kappa shape index (κ2) is 16.8. The number of hydrogen-bond acceptors (Lipinski definition) is 7. The summed E-state index contributed by atoms with van der Waals surface area (Å²) in [5.41, 5.74) is 0. The molecule has 1 rings (SSSR count). The molecule has 31 heavy (non-hydrogen) atoms. The molecule has 0 radical (unpaired) electrons. The lowest BCUT2D eigenvalue weighted by Gasteiger charge is -2.04. The summed E-state index contributed by atoms with van der Waals surface area (Å²) in [5, 5.41) is 21.7. The van der Waals surface area contributed by atoms with Gasteiger partial charge in [-0.05, 0) is 19.3 Å². The number of hydrogen-bond donors (Lipinski definition) is 2. The van der Waals surface area contributed by atoms with E-state index in [0.717, 1.165) is 37.9 Å². The fourth-order valence-corrected chi connectivity index (χ4v) is 4.68. The van der Waals surface area contributed by atoms with Gasteiger partial charge in [0.1, 0.15) is 0 Å². The minimum Gasteiger partial charge on any atom is -0.481 e. The van der Waals surface area contributed by atoms with E-state index in [4.69, 9.17) is 5.11 Å². The molecule has 0 fully saturated rings. The SMILES string of the molecule is O=C(O)CCCS(=O)(=O)C(=O)CCCCCCCCCCCCCCCc1nn[nH]n1. The van der Waals surface area contributed by atoms with Crippen LogP contribution in [0.3, 0.4) is 0 Å². The van der Waals surface area contributed by atoms with Crippen LogP contribution in [0.2, 0.25) is 0 Å². The van der Waals surface area contributed by atoms with Gasteiger partial charge in [-0.3, -0.25) is 9.59 Å². The Labute approximate surface area is 185 Å². The van der Waals surface area contributed by atoms with Gasteiger partial charge >= 0.3 is 5.97 Å². The van der Waals surface area contributed by atoms with Crippen LogP contribution < -0.4 is 0 Å². The maximum atomic E-state index is 11.8. The van der Waals surface area contributed by atoms with Gasteiger partial charge in [0.25, 0.3) is 0 Å². The first-order chi connectivity index (χ1) is 14.9. The number of aromatic nitrogens is 4. The zero-order valence-corrected chi connectivity index (χ0v) is 19.4. The number of rotatable bonds is 20. The highest BCUT2D eigenvalue weighted by molar-refractivity contribution is 8.06. The number of carbonyl (C=O) groups is 2. The van der Waals surface area contributed by atoms with Gasteiger partial charge in [-0.2, -0.15) is 5.21 Å². The number of sulfone groups is 1. The number of carboxylic acid groups (broad SMARTS) is 1. The lowest BCUT2D eigenvalue weighted by molar-refractivity contribution is -0.137. The second-order valence-electron chi connectivity index (χ2n) is 8.11. The summed E-state index contributed by atoms with van der Waals surface area (Å²) in [6, 6.07) is 0. The van der Waals surface area contributed by atoms with Crippen molar-refractivity contribution in [3.8, 4) is 0 Å². The van der Waals surface area contributed by atoms with Gasteiger partial charge in [0.15, 0.2) is 5.82 Å². The molecule has 0 aliphatic rings. The number of carboxylic acids is 1. The van der Waals surface area contributed by atoms with Crippen molar-refractivity contribution in [2.45, 2.75) is 109 Å². The maximum absolute atomic E-state index is 11.8. The van der Waals surface area contributed by atoms with Crippen LogP contribution in [0, 0.1) is 0 Å². The quantitative estimate of drug-likeness (QED) is 0.279. The van der Waals surface area contributed by atoms with Gasteiger partial charge in [0, 0.05) is 19.3 Å². The summed E-state index contributed by atoms with van der Waals surface area (Å²) in [5.74, 6) is -0.612. The third kappa shape index (κ3) is 14.7. The van der Waals surface area contributed by atoms with Gasteiger partial charge < -0.3 is 5.11 Å². The number of unbranched alkanes of at least 4 members (excludes halogenated alkanes) is 12. The third-order valence-corrected chi connectivity index (χ3v) is 7.05. The molecule has 1 heterocycles. The topological polar surface area (TPSA) is 143 Å². The van der Waals surface area contributed by atoms with E-state index < -0.39 is 20.9 Å². The fourth-order valence-electron chi connectivity index (χ4n) is 3.47. The fraction of sp³-hybridized carbons (Fsp3) is 0.857. The number of nitrogens with zero attached hydrogens (tertiary/aromatic N) is 3. The monoisotopic (exact) mass is 458 g/mol. The van der Waals surface area contributed by atoms with Crippen molar-refractivity contribution >= 4 is 20.9 Å². The molecule has 0 saturated heterocycles. The van der Waals surface area contributed by atoms with Crippen LogP contribution in [0.1, 0.15) is 109 Å². The summed E-state index contributed by atoms with van der Waals surface area (Å²) >= 11 is 0.